The van der Waals surface area contributed by atoms with E-state index in [1.54, 1.807) is 12.1 Å². The minimum Gasteiger partial charge on any atom is -0.481 e. The molecule has 0 aliphatic carbocycles. The number of carbonyl (C=O) groups excluding carboxylic acids is 1. The molecule has 2 N–H and O–H groups in total. The average Bonchev–Trinajstić information content (AvgIpc) is 2.63. The molecule has 1 amide bonds. The van der Waals surface area contributed by atoms with Crippen LogP contribution in [-0.4, -0.2) is 28.6 Å². The third-order valence-corrected chi connectivity index (χ3v) is 4.09. The van der Waals surface area contributed by atoms with Crippen LogP contribution in [0.5, 0.6) is 0 Å². The van der Waals surface area contributed by atoms with Crippen molar-refractivity contribution in [2.75, 3.05) is 11.4 Å². The zero-order valence-electron chi connectivity index (χ0n) is 12.6. The molecule has 1 atom stereocenters. The van der Waals surface area contributed by atoms with Gasteiger partial charge in [-0.1, -0.05) is 19.1 Å². The molecule has 0 aromatic heterocycles. The summed E-state index contributed by atoms with van der Waals surface area (Å²) in [6, 6.07) is 5.47. The summed E-state index contributed by atoms with van der Waals surface area (Å²) in [5.74, 6) is -1.02. The molecule has 0 saturated carbocycles. The summed E-state index contributed by atoms with van der Waals surface area (Å²) >= 11 is 0. The van der Waals surface area contributed by atoms with Gasteiger partial charge in [-0.15, -0.1) is 0 Å². The lowest BCUT2D eigenvalue weighted by Gasteiger charge is -2.19. The topological polar surface area (TPSA) is 77.8 Å². The number of aliphatic carboxylic acids is 1. The van der Waals surface area contributed by atoms with Crippen molar-refractivity contribution in [1.29, 1.82) is 0 Å². The monoisotopic (exact) mass is 291 g/mol. The molecule has 1 aromatic rings. The molecule has 0 spiro atoms. The fourth-order valence-electron chi connectivity index (χ4n) is 2.72. The van der Waals surface area contributed by atoms with Crippen molar-refractivity contribution in [2.45, 2.75) is 45.1 Å². The summed E-state index contributed by atoms with van der Waals surface area (Å²) in [5.41, 5.74) is 1.69. The predicted octanol–water partition coefficient (Wildman–Crippen LogP) is 2.23. The van der Waals surface area contributed by atoms with E-state index in [0.29, 0.717) is 6.42 Å². The predicted molar refractivity (Wildman–Crippen MR) is 79.3 cm³/mol. The Labute approximate surface area is 124 Å². The number of anilines is 1. The van der Waals surface area contributed by atoms with Crippen molar-refractivity contribution in [1.82, 2.24) is 0 Å². The van der Waals surface area contributed by atoms with E-state index in [0.717, 1.165) is 16.8 Å². The number of carboxylic acids is 1. The van der Waals surface area contributed by atoms with Crippen molar-refractivity contribution in [3.8, 4) is 0 Å². The first kappa shape index (κ1) is 15.5. The summed E-state index contributed by atoms with van der Waals surface area (Å²) in [6.45, 7) is 5.72. The SMILES string of the molecule is CCC(O)c1ccc2c(c1)C(C)(C)C(=O)N2CCC(=O)O. The maximum Gasteiger partial charge on any atom is 0.305 e. The molecule has 0 radical (unpaired) electrons. The molecule has 2 rings (SSSR count). The molecule has 0 saturated heterocycles. The Balaban J connectivity index is 2.41. The van der Waals surface area contributed by atoms with Gasteiger partial charge < -0.3 is 15.1 Å². The molecule has 0 fully saturated rings. The first-order valence-corrected chi connectivity index (χ1v) is 7.15. The standard InChI is InChI=1S/C16H21NO4/c1-4-13(18)10-5-6-12-11(9-10)16(2,3)15(21)17(12)8-7-14(19)20/h5-6,9,13,18H,4,7-8H2,1-3H3,(H,19,20). The van der Waals surface area contributed by atoms with Gasteiger partial charge in [-0.05, 0) is 37.5 Å². The Bertz CT molecular complexity index is 580. The normalized spacial score (nSPS) is 17.7. The van der Waals surface area contributed by atoms with Crippen molar-refractivity contribution in [3.63, 3.8) is 0 Å². The van der Waals surface area contributed by atoms with Crippen LogP contribution in [0.2, 0.25) is 0 Å². The second-order valence-corrected chi connectivity index (χ2v) is 5.93. The van der Waals surface area contributed by atoms with Crippen LogP contribution in [0.25, 0.3) is 0 Å². The Morgan fingerprint density at radius 2 is 2.05 bits per heavy atom. The van der Waals surface area contributed by atoms with Gasteiger partial charge in [0.05, 0.1) is 17.9 Å². The lowest BCUT2D eigenvalue weighted by atomic mass is 9.85. The van der Waals surface area contributed by atoms with Gasteiger partial charge in [0.2, 0.25) is 5.91 Å². The van der Waals surface area contributed by atoms with Gasteiger partial charge >= 0.3 is 5.97 Å². The number of amides is 1. The van der Waals surface area contributed by atoms with E-state index in [4.69, 9.17) is 5.11 Å². The molecule has 0 bridgehead atoms. The van der Waals surface area contributed by atoms with Gasteiger partial charge in [0.25, 0.3) is 0 Å². The lowest BCUT2D eigenvalue weighted by Crippen LogP contribution is -2.37. The summed E-state index contributed by atoms with van der Waals surface area (Å²) < 4.78 is 0. The molecule has 1 heterocycles. The van der Waals surface area contributed by atoms with E-state index >= 15 is 0 Å². The number of nitrogens with zero attached hydrogens (tertiary/aromatic N) is 1. The maximum absolute atomic E-state index is 12.5. The van der Waals surface area contributed by atoms with E-state index in [-0.39, 0.29) is 18.9 Å². The number of fused-ring (bicyclic) bond motifs is 1. The quantitative estimate of drug-likeness (QED) is 0.872. The number of hydrogen-bond donors (Lipinski definition) is 2. The average molecular weight is 291 g/mol. The van der Waals surface area contributed by atoms with Crippen LogP contribution in [0.1, 0.15) is 50.8 Å². The van der Waals surface area contributed by atoms with Crippen LogP contribution in [0.15, 0.2) is 18.2 Å². The van der Waals surface area contributed by atoms with E-state index in [2.05, 4.69) is 0 Å². The molecular weight excluding hydrogens is 270 g/mol. The molecule has 1 aliphatic rings. The Morgan fingerprint density at radius 1 is 1.38 bits per heavy atom. The number of aliphatic hydroxyl groups excluding tert-OH is 1. The first-order valence-electron chi connectivity index (χ1n) is 7.15. The molecular formula is C16H21NO4. The number of benzene rings is 1. The van der Waals surface area contributed by atoms with Crippen LogP contribution in [-0.2, 0) is 15.0 Å². The highest BCUT2D eigenvalue weighted by Gasteiger charge is 2.43. The molecule has 1 aliphatic heterocycles. The van der Waals surface area contributed by atoms with Crippen molar-refractivity contribution in [2.24, 2.45) is 0 Å². The minimum atomic E-state index is -0.924. The van der Waals surface area contributed by atoms with Crippen molar-refractivity contribution < 1.29 is 19.8 Å². The van der Waals surface area contributed by atoms with Crippen LogP contribution in [0.4, 0.5) is 5.69 Å². The van der Waals surface area contributed by atoms with Gasteiger partial charge in [-0.2, -0.15) is 0 Å². The van der Waals surface area contributed by atoms with Crippen molar-refractivity contribution >= 4 is 17.6 Å². The molecule has 114 valence electrons. The lowest BCUT2D eigenvalue weighted by molar-refractivity contribution is -0.136. The van der Waals surface area contributed by atoms with Crippen LogP contribution in [0, 0.1) is 0 Å². The van der Waals surface area contributed by atoms with E-state index in [1.807, 2.05) is 26.8 Å². The summed E-state index contributed by atoms with van der Waals surface area (Å²) in [5, 5.41) is 18.8. The van der Waals surface area contributed by atoms with E-state index in [9.17, 15) is 14.7 Å². The van der Waals surface area contributed by atoms with E-state index in [1.165, 1.54) is 4.90 Å². The van der Waals surface area contributed by atoms with Crippen molar-refractivity contribution in [3.05, 3.63) is 29.3 Å². The smallest absolute Gasteiger partial charge is 0.305 e. The molecule has 1 aromatic carbocycles. The summed E-state index contributed by atoms with van der Waals surface area (Å²) in [6.07, 6.45) is -0.0227. The third-order valence-electron chi connectivity index (χ3n) is 4.09. The Morgan fingerprint density at radius 3 is 2.62 bits per heavy atom. The van der Waals surface area contributed by atoms with Gasteiger partial charge in [0, 0.05) is 12.2 Å². The second-order valence-electron chi connectivity index (χ2n) is 5.93. The molecule has 21 heavy (non-hydrogen) atoms. The van der Waals surface area contributed by atoms with Gasteiger partial charge in [0.1, 0.15) is 0 Å². The zero-order valence-corrected chi connectivity index (χ0v) is 12.6. The fraction of sp³-hybridized carbons (Fsp3) is 0.500. The molecule has 5 heteroatoms. The third kappa shape index (κ3) is 2.65. The van der Waals surface area contributed by atoms with Crippen LogP contribution in [0.3, 0.4) is 0 Å². The summed E-state index contributed by atoms with van der Waals surface area (Å²) in [7, 11) is 0. The zero-order chi connectivity index (χ0) is 15.8. The highest BCUT2D eigenvalue weighted by molar-refractivity contribution is 6.07. The first-order chi connectivity index (χ1) is 9.78. The fourth-order valence-corrected chi connectivity index (χ4v) is 2.72. The maximum atomic E-state index is 12.5. The van der Waals surface area contributed by atoms with Crippen LogP contribution >= 0.6 is 0 Å². The molecule has 5 nitrogen and oxygen atoms in total. The number of carbonyl (C=O) groups is 2. The van der Waals surface area contributed by atoms with E-state index < -0.39 is 17.5 Å². The largest absolute Gasteiger partial charge is 0.481 e. The van der Waals surface area contributed by atoms with Gasteiger partial charge in [-0.3, -0.25) is 9.59 Å². The number of aliphatic hydroxyl groups is 1. The Kier molecular flexibility index (Phi) is 4.05. The number of carboxylic acid groups (broad SMARTS) is 1. The van der Waals surface area contributed by atoms with Crippen LogP contribution < -0.4 is 4.90 Å². The minimum absolute atomic E-state index is 0.0827. The Hall–Kier alpha value is -1.88. The molecule has 1 unspecified atom stereocenters. The number of hydrogen-bond acceptors (Lipinski definition) is 3. The number of rotatable bonds is 5. The highest BCUT2D eigenvalue weighted by Crippen LogP contribution is 2.42. The van der Waals surface area contributed by atoms with Gasteiger partial charge in [-0.25, -0.2) is 0 Å². The van der Waals surface area contributed by atoms with Gasteiger partial charge in [0.15, 0.2) is 0 Å². The summed E-state index contributed by atoms with van der Waals surface area (Å²) in [4.78, 5) is 24.8. The highest BCUT2D eigenvalue weighted by atomic mass is 16.4. The second kappa shape index (κ2) is 5.48.